The normalized spacial score (nSPS) is 19.6. The summed E-state index contributed by atoms with van der Waals surface area (Å²) in [5, 5.41) is 16.1. The standard InChI is InChI=1S/C13H21NOS/c1-10(15)9-14-13-12(7-8-16-13)11-5-3-2-4-6-11/h7-8,10-11,14-15H,2-6,9H2,1H3. The molecule has 90 valence electrons. The lowest BCUT2D eigenvalue weighted by molar-refractivity contribution is 0.208. The van der Waals surface area contributed by atoms with Crippen LogP contribution in [-0.2, 0) is 0 Å². The van der Waals surface area contributed by atoms with Gasteiger partial charge in [0.1, 0.15) is 0 Å². The van der Waals surface area contributed by atoms with Crippen LogP contribution < -0.4 is 5.32 Å². The summed E-state index contributed by atoms with van der Waals surface area (Å²) >= 11 is 1.76. The van der Waals surface area contributed by atoms with Gasteiger partial charge in [-0.25, -0.2) is 0 Å². The van der Waals surface area contributed by atoms with Gasteiger partial charge >= 0.3 is 0 Å². The summed E-state index contributed by atoms with van der Waals surface area (Å²) in [4.78, 5) is 0. The molecule has 0 aromatic carbocycles. The highest BCUT2D eigenvalue weighted by molar-refractivity contribution is 7.14. The van der Waals surface area contributed by atoms with Crippen LogP contribution in [0.1, 0.15) is 50.5 Å². The summed E-state index contributed by atoms with van der Waals surface area (Å²) < 4.78 is 0. The maximum Gasteiger partial charge on any atom is 0.0918 e. The first-order valence-corrected chi connectivity index (χ1v) is 7.14. The van der Waals surface area contributed by atoms with Crippen molar-refractivity contribution in [3.8, 4) is 0 Å². The summed E-state index contributed by atoms with van der Waals surface area (Å²) in [6.45, 7) is 2.47. The van der Waals surface area contributed by atoms with Gasteiger partial charge in [0.05, 0.1) is 11.1 Å². The Morgan fingerprint density at radius 1 is 1.44 bits per heavy atom. The van der Waals surface area contributed by atoms with Gasteiger partial charge in [0, 0.05) is 6.54 Å². The van der Waals surface area contributed by atoms with Gasteiger partial charge in [-0.15, -0.1) is 11.3 Å². The molecule has 1 atom stereocenters. The lowest BCUT2D eigenvalue weighted by Gasteiger charge is -2.22. The molecule has 2 nitrogen and oxygen atoms in total. The van der Waals surface area contributed by atoms with Gasteiger partial charge in [-0.1, -0.05) is 19.3 Å². The molecule has 1 fully saturated rings. The summed E-state index contributed by atoms with van der Waals surface area (Å²) in [6.07, 6.45) is 6.53. The van der Waals surface area contributed by atoms with E-state index in [0.29, 0.717) is 6.54 Å². The summed E-state index contributed by atoms with van der Waals surface area (Å²) in [7, 11) is 0. The van der Waals surface area contributed by atoms with Crippen molar-refractivity contribution in [2.45, 2.75) is 51.0 Å². The zero-order chi connectivity index (χ0) is 11.4. The molecule has 0 bridgehead atoms. The second-order valence-electron chi connectivity index (χ2n) is 4.77. The molecule has 1 heterocycles. The number of anilines is 1. The molecule has 1 unspecified atom stereocenters. The van der Waals surface area contributed by atoms with E-state index < -0.39 is 0 Å². The minimum atomic E-state index is -0.277. The molecular formula is C13H21NOS. The third-order valence-corrected chi connectivity index (χ3v) is 4.19. The van der Waals surface area contributed by atoms with E-state index in [1.165, 1.54) is 42.7 Å². The highest BCUT2D eigenvalue weighted by atomic mass is 32.1. The largest absolute Gasteiger partial charge is 0.392 e. The van der Waals surface area contributed by atoms with Gasteiger partial charge in [-0.05, 0) is 42.7 Å². The van der Waals surface area contributed by atoms with Gasteiger partial charge in [-0.3, -0.25) is 0 Å². The predicted molar refractivity (Wildman–Crippen MR) is 70.3 cm³/mol. The minimum Gasteiger partial charge on any atom is -0.392 e. The monoisotopic (exact) mass is 239 g/mol. The average Bonchev–Trinajstić information content (AvgIpc) is 2.75. The van der Waals surface area contributed by atoms with Crippen LogP contribution in [-0.4, -0.2) is 17.8 Å². The van der Waals surface area contributed by atoms with Crippen LogP contribution in [0.2, 0.25) is 0 Å². The number of rotatable bonds is 4. The van der Waals surface area contributed by atoms with Gasteiger partial charge in [0.2, 0.25) is 0 Å². The molecule has 16 heavy (non-hydrogen) atoms. The Bertz CT molecular complexity index is 315. The van der Waals surface area contributed by atoms with E-state index in [2.05, 4.69) is 16.8 Å². The fourth-order valence-corrected chi connectivity index (χ4v) is 3.33. The van der Waals surface area contributed by atoms with Crippen LogP contribution in [0.3, 0.4) is 0 Å². The average molecular weight is 239 g/mol. The molecule has 3 heteroatoms. The van der Waals surface area contributed by atoms with Crippen LogP contribution in [0.25, 0.3) is 0 Å². The van der Waals surface area contributed by atoms with E-state index in [0.717, 1.165) is 5.92 Å². The number of aliphatic hydroxyl groups is 1. The Kier molecular flexibility index (Phi) is 4.24. The van der Waals surface area contributed by atoms with Crippen LogP contribution in [0.4, 0.5) is 5.00 Å². The number of nitrogens with one attached hydrogen (secondary N) is 1. The van der Waals surface area contributed by atoms with Crippen molar-refractivity contribution in [2.24, 2.45) is 0 Å². The first-order chi connectivity index (χ1) is 7.77. The third kappa shape index (κ3) is 2.98. The van der Waals surface area contributed by atoms with Crippen LogP contribution in [0, 0.1) is 0 Å². The SMILES string of the molecule is CC(O)CNc1sccc1C1CCCCC1. The summed E-state index contributed by atoms with van der Waals surface area (Å²) in [5.41, 5.74) is 1.48. The first kappa shape index (κ1) is 11.9. The molecule has 1 aromatic rings. The molecule has 1 aromatic heterocycles. The lowest BCUT2D eigenvalue weighted by Crippen LogP contribution is -2.16. The number of aliphatic hydroxyl groups excluding tert-OH is 1. The van der Waals surface area contributed by atoms with Crippen molar-refractivity contribution < 1.29 is 5.11 Å². The molecule has 1 aliphatic rings. The van der Waals surface area contributed by atoms with Crippen molar-refractivity contribution >= 4 is 16.3 Å². The minimum absolute atomic E-state index is 0.277. The summed E-state index contributed by atoms with van der Waals surface area (Å²) in [6, 6.07) is 2.25. The van der Waals surface area contributed by atoms with Crippen LogP contribution in [0.15, 0.2) is 11.4 Å². The highest BCUT2D eigenvalue weighted by Gasteiger charge is 2.19. The van der Waals surface area contributed by atoms with Crippen LogP contribution in [0.5, 0.6) is 0 Å². The van der Waals surface area contributed by atoms with Crippen LogP contribution >= 0.6 is 11.3 Å². The van der Waals surface area contributed by atoms with E-state index in [1.807, 2.05) is 6.92 Å². The van der Waals surface area contributed by atoms with E-state index in [9.17, 15) is 5.11 Å². The van der Waals surface area contributed by atoms with Crippen molar-refractivity contribution in [1.29, 1.82) is 0 Å². The van der Waals surface area contributed by atoms with Gasteiger partial charge in [0.25, 0.3) is 0 Å². The van der Waals surface area contributed by atoms with Crippen molar-refractivity contribution in [3.63, 3.8) is 0 Å². The molecule has 1 saturated carbocycles. The molecule has 0 aliphatic heterocycles. The molecule has 1 aliphatic carbocycles. The molecule has 0 saturated heterocycles. The maximum atomic E-state index is 9.29. The van der Waals surface area contributed by atoms with Crippen molar-refractivity contribution in [2.75, 3.05) is 11.9 Å². The molecule has 2 N–H and O–H groups in total. The highest BCUT2D eigenvalue weighted by Crippen LogP contribution is 2.38. The third-order valence-electron chi connectivity index (χ3n) is 3.30. The van der Waals surface area contributed by atoms with Gasteiger partial charge in [0.15, 0.2) is 0 Å². The molecule has 0 amide bonds. The Hall–Kier alpha value is -0.540. The first-order valence-electron chi connectivity index (χ1n) is 6.26. The van der Waals surface area contributed by atoms with Gasteiger partial charge in [-0.2, -0.15) is 0 Å². The van der Waals surface area contributed by atoms with Gasteiger partial charge < -0.3 is 10.4 Å². The topological polar surface area (TPSA) is 32.3 Å². The zero-order valence-electron chi connectivity index (χ0n) is 9.91. The zero-order valence-corrected chi connectivity index (χ0v) is 10.7. The quantitative estimate of drug-likeness (QED) is 0.841. The molecule has 0 spiro atoms. The molecular weight excluding hydrogens is 218 g/mol. The Labute approximate surface area is 102 Å². The summed E-state index contributed by atoms with van der Waals surface area (Å²) in [5.74, 6) is 0.747. The van der Waals surface area contributed by atoms with Crippen molar-refractivity contribution in [3.05, 3.63) is 17.0 Å². The maximum absolute atomic E-state index is 9.29. The smallest absolute Gasteiger partial charge is 0.0918 e. The molecule has 0 radical (unpaired) electrons. The number of hydrogen-bond acceptors (Lipinski definition) is 3. The fourth-order valence-electron chi connectivity index (χ4n) is 2.44. The van der Waals surface area contributed by atoms with E-state index in [1.54, 1.807) is 11.3 Å². The van der Waals surface area contributed by atoms with E-state index in [-0.39, 0.29) is 6.10 Å². The second-order valence-corrected chi connectivity index (χ2v) is 5.69. The Balaban J connectivity index is 2.00. The van der Waals surface area contributed by atoms with E-state index in [4.69, 9.17) is 0 Å². The number of thiophene rings is 1. The second kappa shape index (κ2) is 5.69. The molecule has 2 rings (SSSR count). The lowest BCUT2D eigenvalue weighted by atomic mass is 9.85. The Morgan fingerprint density at radius 2 is 2.19 bits per heavy atom. The fraction of sp³-hybridized carbons (Fsp3) is 0.692. The van der Waals surface area contributed by atoms with E-state index >= 15 is 0 Å². The number of hydrogen-bond donors (Lipinski definition) is 2. The van der Waals surface area contributed by atoms with Crippen molar-refractivity contribution in [1.82, 2.24) is 0 Å². The Morgan fingerprint density at radius 3 is 2.88 bits per heavy atom. The predicted octanol–water partition coefficient (Wildman–Crippen LogP) is 3.59.